The van der Waals surface area contributed by atoms with Crippen molar-refractivity contribution in [2.24, 2.45) is 0 Å². The Balaban J connectivity index is 1.99. The van der Waals surface area contributed by atoms with Crippen molar-refractivity contribution in [1.82, 2.24) is 15.3 Å². The maximum absolute atomic E-state index is 12.2. The van der Waals surface area contributed by atoms with Crippen molar-refractivity contribution in [1.29, 1.82) is 0 Å². The van der Waals surface area contributed by atoms with Gasteiger partial charge >= 0.3 is 0 Å². The minimum atomic E-state index is 0.0395. The van der Waals surface area contributed by atoms with E-state index in [0.29, 0.717) is 6.54 Å². The molecule has 0 spiro atoms. The number of rotatable bonds is 4. The van der Waals surface area contributed by atoms with Gasteiger partial charge in [0.1, 0.15) is 10.7 Å². The van der Waals surface area contributed by atoms with Gasteiger partial charge in [0.05, 0.1) is 11.9 Å². The van der Waals surface area contributed by atoms with Gasteiger partial charge in [-0.15, -0.1) is 11.3 Å². The van der Waals surface area contributed by atoms with E-state index < -0.39 is 0 Å². The predicted octanol–water partition coefficient (Wildman–Crippen LogP) is 2.36. The Morgan fingerprint density at radius 3 is 3.05 bits per heavy atom. The summed E-state index contributed by atoms with van der Waals surface area (Å²) in [6.07, 6.45) is 5.66. The molecule has 1 aliphatic carbocycles. The van der Waals surface area contributed by atoms with Crippen molar-refractivity contribution < 1.29 is 0 Å². The summed E-state index contributed by atoms with van der Waals surface area (Å²) in [5, 5.41) is 4.12. The van der Waals surface area contributed by atoms with E-state index in [9.17, 15) is 4.79 Å². The summed E-state index contributed by atoms with van der Waals surface area (Å²) in [4.78, 5) is 22.1. The molecule has 5 heteroatoms. The molecule has 0 bridgehead atoms. The first-order valence-corrected chi connectivity index (χ1v) is 7.85. The van der Waals surface area contributed by atoms with Gasteiger partial charge in [-0.3, -0.25) is 4.79 Å². The van der Waals surface area contributed by atoms with Crippen LogP contribution in [0, 0.1) is 0 Å². The number of hydrogen-bond donors (Lipinski definition) is 2. The third kappa shape index (κ3) is 2.44. The Labute approximate surface area is 116 Å². The van der Waals surface area contributed by atoms with Crippen molar-refractivity contribution in [3.63, 3.8) is 0 Å². The summed E-state index contributed by atoms with van der Waals surface area (Å²) in [7, 11) is 0. The van der Waals surface area contributed by atoms with Crippen molar-refractivity contribution in [3.8, 4) is 0 Å². The van der Waals surface area contributed by atoms with Crippen LogP contribution in [0.3, 0.4) is 0 Å². The summed E-state index contributed by atoms with van der Waals surface area (Å²) in [5.74, 6) is 0.754. The second-order valence-corrected chi connectivity index (χ2v) is 6.16. The first-order chi connectivity index (χ1) is 9.29. The first kappa shape index (κ1) is 12.8. The van der Waals surface area contributed by atoms with E-state index in [1.165, 1.54) is 23.3 Å². The van der Waals surface area contributed by atoms with Gasteiger partial charge in [-0.25, -0.2) is 4.98 Å². The van der Waals surface area contributed by atoms with Crippen LogP contribution >= 0.6 is 11.3 Å². The number of aryl methyl sites for hydroxylation is 2. The van der Waals surface area contributed by atoms with Gasteiger partial charge in [0.25, 0.3) is 5.56 Å². The lowest BCUT2D eigenvalue weighted by Crippen LogP contribution is -2.20. The smallest absolute Gasteiger partial charge is 0.259 e. The van der Waals surface area contributed by atoms with Crippen LogP contribution < -0.4 is 10.9 Å². The molecule has 19 heavy (non-hydrogen) atoms. The highest BCUT2D eigenvalue weighted by Crippen LogP contribution is 2.33. The fraction of sp³-hybridized carbons (Fsp3) is 0.571. The zero-order chi connectivity index (χ0) is 13.2. The second-order valence-electron chi connectivity index (χ2n) is 5.08. The Morgan fingerprint density at radius 1 is 1.37 bits per heavy atom. The number of H-pyrrole nitrogens is 1. The SMILES string of the molecule is CCCNCc1nc2sc3c(c2c(=O)[nH]1)CCCC3. The van der Waals surface area contributed by atoms with Crippen LogP contribution in [-0.4, -0.2) is 16.5 Å². The molecule has 2 N–H and O–H groups in total. The van der Waals surface area contributed by atoms with Gasteiger partial charge in [0, 0.05) is 4.88 Å². The van der Waals surface area contributed by atoms with Gasteiger partial charge in [0.2, 0.25) is 0 Å². The average Bonchev–Trinajstić information content (AvgIpc) is 2.77. The lowest BCUT2D eigenvalue weighted by Gasteiger charge is -2.09. The first-order valence-electron chi connectivity index (χ1n) is 7.03. The topological polar surface area (TPSA) is 57.8 Å². The third-order valence-corrected chi connectivity index (χ3v) is 4.78. The Hall–Kier alpha value is -1.20. The molecule has 102 valence electrons. The summed E-state index contributed by atoms with van der Waals surface area (Å²) >= 11 is 1.71. The van der Waals surface area contributed by atoms with E-state index in [4.69, 9.17) is 0 Å². The fourth-order valence-corrected chi connectivity index (χ4v) is 3.96. The summed E-state index contributed by atoms with van der Waals surface area (Å²) in [5.41, 5.74) is 1.30. The predicted molar refractivity (Wildman–Crippen MR) is 78.9 cm³/mol. The quantitative estimate of drug-likeness (QED) is 0.844. The van der Waals surface area contributed by atoms with E-state index in [1.807, 2.05) is 0 Å². The molecule has 0 radical (unpaired) electrons. The minimum Gasteiger partial charge on any atom is -0.310 e. The van der Waals surface area contributed by atoms with E-state index in [0.717, 1.165) is 41.8 Å². The molecule has 0 saturated heterocycles. The van der Waals surface area contributed by atoms with E-state index in [2.05, 4.69) is 22.2 Å². The van der Waals surface area contributed by atoms with Crippen LogP contribution in [0.2, 0.25) is 0 Å². The zero-order valence-corrected chi connectivity index (χ0v) is 12.0. The van der Waals surface area contributed by atoms with E-state index in [-0.39, 0.29) is 5.56 Å². The highest BCUT2D eigenvalue weighted by Gasteiger charge is 2.19. The number of aromatic nitrogens is 2. The number of aromatic amines is 1. The van der Waals surface area contributed by atoms with Crippen LogP contribution in [0.4, 0.5) is 0 Å². The van der Waals surface area contributed by atoms with Gasteiger partial charge in [-0.2, -0.15) is 0 Å². The highest BCUT2D eigenvalue weighted by atomic mass is 32.1. The van der Waals surface area contributed by atoms with Gasteiger partial charge in [-0.05, 0) is 44.2 Å². The van der Waals surface area contributed by atoms with Gasteiger partial charge in [0.15, 0.2) is 0 Å². The van der Waals surface area contributed by atoms with Gasteiger partial charge in [-0.1, -0.05) is 6.92 Å². The summed E-state index contributed by atoms with van der Waals surface area (Å²) < 4.78 is 0. The number of fused-ring (bicyclic) bond motifs is 3. The van der Waals surface area contributed by atoms with Crippen LogP contribution in [0.25, 0.3) is 10.2 Å². The number of nitrogens with zero attached hydrogens (tertiary/aromatic N) is 1. The highest BCUT2D eigenvalue weighted by molar-refractivity contribution is 7.18. The van der Waals surface area contributed by atoms with Gasteiger partial charge < -0.3 is 10.3 Å². The number of hydrogen-bond acceptors (Lipinski definition) is 4. The fourth-order valence-electron chi connectivity index (χ4n) is 2.68. The van der Waals surface area contributed by atoms with Crippen molar-refractivity contribution in [3.05, 3.63) is 26.6 Å². The lowest BCUT2D eigenvalue weighted by molar-refractivity contribution is 0.651. The van der Waals surface area contributed by atoms with Crippen molar-refractivity contribution in [2.75, 3.05) is 6.54 Å². The maximum Gasteiger partial charge on any atom is 0.259 e. The van der Waals surface area contributed by atoms with Crippen molar-refractivity contribution in [2.45, 2.75) is 45.6 Å². The molecule has 0 atom stereocenters. The Kier molecular flexibility index (Phi) is 3.66. The molecule has 0 amide bonds. The monoisotopic (exact) mass is 277 g/mol. The summed E-state index contributed by atoms with van der Waals surface area (Å²) in [6.45, 7) is 3.71. The molecule has 4 nitrogen and oxygen atoms in total. The van der Waals surface area contributed by atoms with E-state index in [1.54, 1.807) is 11.3 Å². The van der Waals surface area contributed by atoms with Crippen LogP contribution in [-0.2, 0) is 19.4 Å². The minimum absolute atomic E-state index is 0.0395. The molecule has 0 unspecified atom stereocenters. The largest absolute Gasteiger partial charge is 0.310 e. The van der Waals surface area contributed by atoms with Crippen molar-refractivity contribution >= 4 is 21.6 Å². The van der Waals surface area contributed by atoms with Crippen LogP contribution in [0.1, 0.15) is 42.5 Å². The normalized spacial score (nSPS) is 14.8. The van der Waals surface area contributed by atoms with E-state index >= 15 is 0 Å². The molecule has 0 aliphatic heterocycles. The number of nitrogens with one attached hydrogen (secondary N) is 2. The molecule has 1 aliphatic rings. The Bertz CT molecular complexity index is 644. The van der Waals surface area contributed by atoms with Crippen LogP contribution in [0.5, 0.6) is 0 Å². The standard InChI is InChI=1S/C14H19N3OS/c1-2-7-15-8-11-16-13(18)12-9-5-3-4-6-10(9)19-14(12)17-11/h15H,2-8H2,1H3,(H,16,17,18). The molecule has 0 fully saturated rings. The molecule has 2 aromatic heterocycles. The molecule has 0 aromatic carbocycles. The Morgan fingerprint density at radius 2 is 2.21 bits per heavy atom. The molecule has 2 heterocycles. The third-order valence-electron chi connectivity index (χ3n) is 3.59. The number of thiophene rings is 1. The zero-order valence-electron chi connectivity index (χ0n) is 11.2. The molecular weight excluding hydrogens is 258 g/mol. The second kappa shape index (κ2) is 5.43. The molecule has 3 rings (SSSR count). The lowest BCUT2D eigenvalue weighted by atomic mass is 9.97. The average molecular weight is 277 g/mol. The molecule has 2 aromatic rings. The molecular formula is C14H19N3OS. The molecule has 0 saturated carbocycles. The summed E-state index contributed by atoms with van der Waals surface area (Å²) in [6, 6.07) is 0. The van der Waals surface area contributed by atoms with Crippen LogP contribution in [0.15, 0.2) is 4.79 Å². The maximum atomic E-state index is 12.2.